The summed E-state index contributed by atoms with van der Waals surface area (Å²) in [5.74, 6) is 1.05. The van der Waals surface area contributed by atoms with E-state index in [-0.39, 0.29) is 0 Å². The average Bonchev–Trinajstić information content (AvgIpc) is 2.86. The summed E-state index contributed by atoms with van der Waals surface area (Å²) in [4.78, 5) is 0. The molecule has 0 aromatic rings. The van der Waals surface area contributed by atoms with Crippen LogP contribution in [0.3, 0.4) is 0 Å². The Morgan fingerprint density at radius 2 is 2.08 bits per heavy atom. The van der Waals surface area contributed by atoms with Crippen molar-refractivity contribution in [2.45, 2.75) is 32.1 Å². The second kappa shape index (κ2) is 3.35. The molecule has 0 aliphatic heterocycles. The van der Waals surface area contributed by atoms with Crippen LogP contribution in [-0.4, -0.2) is 24.8 Å². The lowest BCUT2D eigenvalue weighted by molar-refractivity contribution is 0.282. The van der Waals surface area contributed by atoms with Gasteiger partial charge in [-0.15, -0.1) is 0 Å². The molecule has 2 saturated carbocycles. The summed E-state index contributed by atoms with van der Waals surface area (Å²) in [5.41, 5.74) is 0.718. The molecule has 2 aliphatic rings. The van der Waals surface area contributed by atoms with Gasteiger partial charge in [0.05, 0.1) is 0 Å². The highest BCUT2D eigenvalue weighted by Crippen LogP contribution is 2.60. The molecule has 2 aliphatic carbocycles. The minimum Gasteiger partial charge on any atom is -0.396 e. The molecule has 12 heavy (non-hydrogen) atoms. The summed E-state index contributed by atoms with van der Waals surface area (Å²) >= 11 is 0. The highest BCUT2D eigenvalue weighted by molar-refractivity contribution is 5.04. The van der Waals surface area contributed by atoms with E-state index in [1.54, 1.807) is 0 Å². The maximum absolute atomic E-state index is 8.59. The third kappa shape index (κ3) is 1.80. The first kappa shape index (κ1) is 8.52. The quantitative estimate of drug-likeness (QED) is 0.585. The van der Waals surface area contributed by atoms with Crippen molar-refractivity contribution in [3.63, 3.8) is 0 Å². The molecule has 2 N–H and O–H groups in total. The predicted molar refractivity (Wildman–Crippen MR) is 49.0 cm³/mol. The van der Waals surface area contributed by atoms with Gasteiger partial charge in [-0.1, -0.05) is 0 Å². The molecule has 0 unspecified atom stereocenters. The zero-order valence-electron chi connectivity index (χ0n) is 7.68. The highest BCUT2D eigenvalue weighted by atomic mass is 16.3. The van der Waals surface area contributed by atoms with E-state index in [4.69, 9.17) is 5.11 Å². The predicted octanol–water partition coefficient (Wildman–Crippen LogP) is 1.15. The third-order valence-corrected chi connectivity index (χ3v) is 3.32. The SMILES string of the molecule is OCCCNCC1(C2CC2)CC1. The van der Waals surface area contributed by atoms with E-state index in [9.17, 15) is 0 Å². The Hall–Kier alpha value is -0.0800. The Kier molecular flexibility index (Phi) is 2.37. The molecular formula is C10H19NO. The molecule has 2 fully saturated rings. The van der Waals surface area contributed by atoms with Gasteiger partial charge in [0.25, 0.3) is 0 Å². The number of aliphatic hydroxyl groups is 1. The maximum atomic E-state index is 8.59. The Labute approximate surface area is 74.4 Å². The van der Waals surface area contributed by atoms with Gasteiger partial charge in [0, 0.05) is 13.2 Å². The molecule has 2 nitrogen and oxygen atoms in total. The standard InChI is InChI=1S/C10H19NO/c12-7-1-6-11-8-10(4-5-10)9-2-3-9/h9,11-12H,1-8H2. The zero-order valence-corrected chi connectivity index (χ0v) is 7.68. The van der Waals surface area contributed by atoms with Crippen LogP contribution in [0.25, 0.3) is 0 Å². The summed E-state index contributed by atoms with van der Waals surface area (Å²) < 4.78 is 0. The fraction of sp³-hybridized carbons (Fsp3) is 1.00. The lowest BCUT2D eigenvalue weighted by Crippen LogP contribution is -2.26. The molecule has 2 rings (SSSR count). The van der Waals surface area contributed by atoms with Gasteiger partial charge in [0.1, 0.15) is 0 Å². The van der Waals surface area contributed by atoms with Crippen molar-refractivity contribution in [3.05, 3.63) is 0 Å². The van der Waals surface area contributed by atoms with E-state index in [0.29, 0.717) is 6.61 Å². The van der Waals surface area contributed by atoms with Crippen molar-refractivity contribution in [3.8, 4) is 0 Å². The smallest absolute Gasteiger partial charge is 0.0443 e. The van der Waals surface area contributed by atoms with Gasteiger partial charge in [-0.2, -0.15) is 0 Å². The van der Waals surface area contributed by atoms with Crippen molar-refractivity contribution in [1.82, 2.24) is 5.32 Å². The average molecular weight is 169 g/mol. The maximum Gasteiger partial charge on any atom is 0.0443 e. The molecule has 0 aromatic carbocycles. The summed E-state index contributed by atoms with van der Waals surface area (Å²) in [6.07, 6.45) is 6.75. The van der Waals surface area contributed by atoms with Crippen LogP contribution >= 0.6 is 0 Å². The van der Waals surface area contributed by atoms with Crippen LogP contribution in [0.1, 0.15) is 32.1 Å². The molecule has 0 aromatic heterocycles. The Bertz CT molecular complexity index is 150. The van der Waals surface area contributed by atoms with Crippen LogP contribution in [0.5, 0.6) is 0 Å². The number of aliphatic hydroxyl groups excluding tert-OH is 1. The third-order valence-electron chi connectivity index (χ3n) is 3.32. The molecule has 0 saturated heterocycles. The fourth-order valence-corrected chi connectivity index (χ4v) is 2.13. The minimum absolute atomic E-state index is 0.323. The summed E-state index contributed by atoms with van der Waals surface area (Å²) in [7, 11) is 0. The molecule has 2 heteroatoms. The van der Waals surface area contributed by atoms with E-state index in [0.717, 1.165) is 24.3 Å². The van der Waals surface area contributed by atoms with Crippen molar-refractivity contribution in [2.75, 3.05) is 19.7 Å². The van der Waals surface area contributed by atoms with Crippen LogP contribution in [0, 0.1) is 11.3 Å². The van der Waals surface area contributed by atoms with Crippen LogP contribution < -0.4 is 5.32 Å². The molecule has 0 amide bonds. The second-order valence-electron chi connectivity index (χ2n) is 4.39. The van der Waals surface area contributed by atoms with Crippen LogP contribution in [0.2, 0.25) is 0 Å². The van der Waals surface area contributed by atoms with Gasteiger partial charge in [0.2, 0.25) is 0 Å². The van der Waals surface area contributed by atoms with E-state index in [1.165, 1.54) is 32.2 Å². The molecule has 0 spiro atoms. The topological polar surface area (TPSA) is 32.3 Å². The number of hydrogen-bond acceptors (Lipinski definition) is 2. The molecule has 0 heterocycles. The van der Waals surface area contributed by atoms with E-state index in [1.807, 2.05) is 0 Å². The Balaban J connectivity index is 1.59. The normalized spacial score (nSPS) is 25.8. The summed E-state index contributed by atoms with van der Waals surface area (Å²) in [6.45, 7) is 2.52. The molecule has 0 bridgehead atoms. The first-order valence-corrected chi connectivity index (χ1v) is 5.19. The molecule has 0 atom stereocenters. The van der Waals surface area contributed by atoms with Crippen LogP contribution in [0.4, 0.5) is 0 Å². The lowest BCUT2D eigenvalue weighted by Gasteiger charge is -2.14. The van der Waals surface area contributed by atoms with Gasteiger partial charge >= 0.3 is 0 Å². The largest absolute Gasteiger partial charge is 0.396 e. The van der Waals surface area contributed by atoms with E-state index >= 15 is 0 Å². The van der Waals surface area contributed by atoms with Crippen molar-refractivity contribution < 1.29 is 5.11 Å². The molecule has 70 valence electrons. The van der Waals surface area contributed by atoms with Gasteiger partial charge in [0.15, 0.2) is 0 Å². The molecular weight excluding hydrogens is 150 g/mol. The van der Waals surface area contributed by atoms with Gasteiger partial charge < -0.3 is 10.4 Å². The first-order valence-electron chi connectivity index (χ1n) is 5.19. The van der Waals surface area contributed by atoms with Crippen LogP contribution in [0.15, 0.2) is 0 Å². The van der Waals surface area contributed by atoms with Gasteiger partial charge in [-0.05, 0) is 50.0 Å². The highest BCUT2D eigenvalue weighted by Gasteiger charge is 2.52. The number of rotatable bonds is 6. The fourth-order valence-electron chi connectivity index (χ4n) is 2.13. The Morgan fingerprint density at radius 1 is 1.33 bits per heavy atom. The summed E-state index contributed by atoms with van der Waals surface area (Å²) in [5, 5.41) is 12.0. The van der Waals surface area contributed by atoms with E-state index < -0.39 is 0 Å². The van der Waals surface area contributed by atoms with Crippen LogP contribution in [-0.2, 0) is 0 Å². The monoisotopic (exact) mass is 169 g/mol. The van der Waals surface area contributed by atoms with Crippen molar-refractivity contribution in [2.24, 2.45) is 11.3 Å². The number of hydrogen-bond donors (Lipinski definition) is 2. The van der Waals surface area contributed by atoms with Crippen molar-refractivity contribution >= 4 is 0 Å². The zero-order chi connectivity index (χ0) is 8.44. The van der Waals surface area contributed by atoms with Gasteiger partial charge in [-0.3, -0.25) is 0 Å². The second-order valence-corrected chi connectivity index (χ2v) is 4.39. The first-order chi connectivity index (χ1) is 5.87. The molecule has 0 radical (unpaired) electrons. The number of nitrogens with one attached hydrogen (secondary N) is 1. The minimum atomic E-state index is 0.323. The summed E-state index contributed by atoms with van der Waals surface area (Å²) in [6, 6.07) is 0. The lowest BCUT2D eigenvalue weighted by atomic mass is 10.0. The Morgan fingerprint density at radius 3 is 2.58 bits per heavy atom. The van der Waals surface area contributed by atoms with Crippen molar-refractivity contribution in [1.29, 1.82) is 0 Å². The van der Waals surface area contributed by atoms with E-state index in [2.05, 4.69) is 5.32 Å². The van der Waals surface area contributed by atoms with Gasteiger partial charge in [-0.25, -0.2) is 0 Å².